The van der Waals surface area contributed by atoms with Crippen LogP contribution in [-0.4, -0.2) is 4.98 Å². The van der Waals surface area contributed by atoms with Crippen LogP contribution < -0.4 is 0 Å². The predicted octanol–water partition coefficient (Wildman–Crippen LogP) is 6.10. The van der Waals surface area contributed by atoms with Gasteiger partial charge in [0.15, 0.2) is 0 Å². The third kappa shape index (κ3) is 3.06. The lowest BCUT2D eigenvalue weighted by atomic mass is 9.99. The molecule has 2 aromatic carbocycles. The molecule has 0 aliphatic carbocycles. The van der Waals surface area contributed by atoms with Gasteiger partial charge in [0, 0.05) is 22.2 Å². The molecule has 1 N–H and O–H groups in total. The molecule has 0 aliphatic heterocycles. The molecule has 0 saturated carbocycles. The summed E-state index contributed by atoms with van der Waals surface area (Å²) >= 11 is 0. The number of benzene rings is 2. The standard InChI is InChI=1S/C20H22FN/c1-2-3-4-5-10-19-20(15-11-13-16(21)14-12-15)17-8-6-7-9-18(17)22-19/h6-9,11-14,22H,2-5,10H2,1H3. The van der Waals surface area contributed by atoms with Crippen molar-refractivity contribution >= 4 is 10.9 Å². The number of hydrogen-bond acceptors (Lipinski definition) is 0. The third-order valence-corrected chi connectivity index (χ3v) is 4.20. The minimum atomic E-state index is -0.187. The Balaban J connectivity index is 1.99. The van der Waals surface area contributed by atoms with Crippen molar-refractivity contribution in [1.82, 2.24) is 4.98 Å². The van der Waals surface area contributed by atoms with Crippen LogP contribution in [0.25, 0.3) is 22.0 Å². The summed E-state index contributed by atoms with van der Waals surface area (Å²) in [6, 6.07) is 15.2. The van der Waals surface area contributed by atoms with Crippen molar-refractivity contribution in [2.75, 3.05) is 0 Å². The maximum absolute atomic E-state index is 13.2. The molecule has 3 aromatic rings. The van der Waals surface area contributed by atoms with Crippen LogP contribution in [0, 0.1) is 5.82 Å². The minimum Gasteiger partial charge on any atom is -0.358 e. The van der Waals surface area contributed by atoms with Gasteiger partial charge in [-0.05, 0) is 36.6 Å². The monoisotopic (exact) mass is 295 g/mol. The van der Waals surface area contributed by atoms with Crippen LogP contribution in [0.1, 0.15) is 38.3 Å². The van der Waals surface area contributed by atoms with Crippen LogP contribution >= 0.6 is 0 Å². The number of unbranched alkanes of at least 4 members (excludes halogenated alkanes) is 3. The maximum Gasteiger partial charge on any atom is 0.123 e. The molecular formula is C20H22FN. The van der Waals surface area contributed by atoms with E-state index in [0.29, 0.717) is 0 Å². The highest BCUT2D eigenvalue weighted by Gasteiger charge is 2.12. The topological polar surface area (TPSA) is 15.8 Å². The molecule has 0 radical (unpaired) electrons. The number of rotatable bonds is 6. The molecule has 0 atom stereocenters. The molecular weight excluding hydrogens is 273 g/mol. The fraction of sp³-hybridized carbons (Fsp3) is 0.300. The van der Waals surface area contributed by atoms with Gasteiger partial charge in [-0.25, -0.2) is 4.39 Å². The summed E-state index contributed by atoms with van der Waals surface area (Å²) in [7, 11) is 0. The van der Waals surface area contributed by atoms with E-state index in [2.05, 4.69) is 30.1 Å². The first kappa shape index (κ1) is 14.8. The fourth-order valence-corrected chi connectivity index (χ4v) is 3.06. The highest BCUT2D eigenvalue weighted by atomic mass is 19.1. The van der Waals surface area contributed by atoms with Crippen LogP contribution in [0.3, 0.4) is 0 Å². The van der Waals surface area contributed by atoms with E-state index in [9.17, 15) is 4.39 Å². The number of hydrogen-bond donors (Lipinski definition) is 1. The van der Waals surface area contributed by atoms with Crippen LogP contribution in [-0.2, 0) is 6.42 Å². The van der Waals surface area contributed by atoms with E-state index < -0.39 is 0 Å². The quantitative estimate of drug-likeness (QED) is 0.529. The zero-order valence-electron chi connectivity index (χ0n) is 13.0. The molecule has 0 bridgehead atoms. The van der Waals surface area contributed by atoms with Gasteiger partial charge in [0.2, 0.25) is 0 Å². The van der Waals surface area contributed by atoms with Gasteiger partial charge >= 0.3 is 0 Å². The summed E-state index contributed by atoms with van der Waals surface area (Å²) in [5, 5.41) is 1.22. The van der Waals surface area contributed by atoms with Gasteiger partial charge in [-0.3, -0.25) is 0 Å². The molecule has 0 unspecified atom stereocenters. The van der Waals surface area contributed by atoms with Gasteiger partial charge in [0.1, 0.15) is 5.82 Å². The molecule has 114 valence electrons. The third-order valence-electron chi connectivity index (χ3n) is 4.20. The molecule has 1 nitrogen and oxygen atoms in total. The average Bonchev–Trinajstić information content (AvgIpc) is 2.91. The predicted molar refractivity (Wildman–Crippen MR) is 91.5 cm³/mol. The SMILES string of the molecule is CCCCCCc1[nH]c2ccccc2c1-c1ccc(F)cc1. The fourth-order valence-electron chi connectivity index (χ4n) is 3.06. The molecule has 1 heterocycles. The van der Waals surface area contributed by atoms with Crippen molar-refractivity contribution in [2.24, 2.45) is 0 Å². The molecule has 0 saturated heterocycles. The summed E-state index contributed by atoms with van der Waals surface area (Å²) in [6.07, 6.45) is 6.02. The van der Waals surface area contributed by atoms with Gasteiger partial charge in [-0.2, -0.15) is 0 Å². The second kappa shape index (κ2) is 6.78. The molecule has 0 amide bonds. The first-order chi connectivity index (χ1) is 10.8. The van der Waals surface area contributed by atoms with Crippen molar-refractivity contribution in [2.45, 2.75) is 39.0 Å². The van der Waals surface area contributed by atoms with E-state index in [1.165, 1.54) is 54.5 Å². The van der Waals surface area contributed by atoms with E-state index in [-0.39, 0.29) is 5.82 Å². The minimum absolute atomic E-state index is 0.187. The molecule has 1 aromatic heterocycles. The number of H-pyrrole nitrogens is 1. The first-order valence-corrected chi connectivity index (χ1v) is 8.15. The number of aromatic nitrogens is 1. The van der Waals surface area contributed by atoms with Crippen LogP contribution in [0.15, 0.2) is 48.5 Å². The number of aromatic amines is 1. The second-order valence-corrected chi connectivity index (χ2v) is 5.84. The number of fused-ring (bicyclic) bond motifs is 1. The van der Waals surface area contributed by atoms with Gasteiger partial charge in [0.25, 0.3) is 0 Å². The van der Waals surface area contributed by atoms with Crippen molar-refractivity contribution in [3.05, 3.63) is 60.0 Å². The van der Waals surface area contributed by atoms with Gasteiger partial charge in [0.05, 0.1) is 0 Å². The maximum atomic E-state index is 13.2. The Morgan fingerprint density at radius 2 is 1.68 bits per heavy atom. The van der Waals surface area contributed by atoms with Gasteiger partial charge < -0.3 is 4.98 Å². The van der Waals surface area contributed by atoms with Crippen LogP contribution in [0.4, 0.5) is 4.39 Å². The van der Waals surface area contributed by atoms with Crippen molar-refractivity contribution < 1.29 is 4.39 Å². The largest absolute Gasteiger partial charge is 0.358 e. The van der Waals surface area contributed by atoms with E-state index in [1.54, 1.807) is 0 Å². The molecule has 0 fully saturated rings. The lowest BCUT2D eigenvalue weighted by Crippen LogP contribution is -1.90. The van der Waals surface area contributed by atoms with E-state index in [1.807, 2.05) is 18.2 Å². The Labute approximate surface area is 131 Å². The van der Waals surface area contributed by atoms with E-state index >= 15 is 0 Å². The molecule has 22 heavy (non-hydrogen) atoms. The second-order valence-electron chi connectivity index (χ2n) is 5.84. The summed E-state index contributed by atoms with van der Waals surface area (Å²) in [6.45, 7) is 2.23. The van der Waals surface area contributed by atoms with Crippen molar-refractivity contribution in [3.8, 4) is 11.1 Å². The normalized spacial score (nSPS) is 11.2. The van der Waals surface area contributed by atoms with Crippen molar-refractivity contribution in [1.29, 1.82) is 0 Å². The summed E-state index contributed by atoms with van der Waals surface area (Å²) in [5.74, 6) is -0.187. The summed E-state index contributed by atoms with van der Waals surface area (Å²) in [5.41, 5.74) is 4.74. The molecule has 0 aliphatic rings. The Kier molecular flexibility index (Phi) is 4.57. The smallest absolute Gasteiger partial charge is 0.123 e. The summed E-state index contributed by atoms with van der Waals surface area (Å²) < 4.78 is 13.2. The average molecular weight is 295 g/mol. The van der Waals surface area contributed by atoms with Crippen LogP contribution in [0.5, 0.6) is 0 Å². The number of para-hydroxylation sites is 1. The lowest BCUT2D eigenvalue weighted by Gasteiger charge is -2.06. The Bertz CT molecular complexity index is 740. The molecule has 0 spiro atoms. The van der Waals surface area contributed by atoms with Crippen molar-refractivity contribution in [3.63, 3.8) is 0 Å². The highest BCUT2D eigenvalue weighted by molar-refractivity contribution is 5.97. The Morgan fingerprint density at radius 3 is 2.45 bits per heavy atom. The zero-order valence-corrected chi connectivity index (χ0v) is 13.0. The van der Waals surface area contributed by atoms with E-state index in [4.69, 9.17) is 0 Å². The summed E-state index contributed by atoms with van der Waals surface area (Å²) in [4.78, 5) is 3.56. The van der Waals surface area contributed by atoms with E-state index in [0.717, 1.165) is 17.5 Å². The number of halogens is 1. The van der Waals surface area contributed by atoms with Crippen LogP contribution in [0.2, 0.25) is 0 Å². The molecule has 2 heteroatoms. The highest BCUT2D eigenvalue weighted by Crippen LogP contribution is 2.33. The Hall–Kier alpha value is -2.09. The van der Waals surface area contributed by atoms with Gasteiger partial charge in [-0.1, -0.05) is 56.5 Å². The van der Waals surface area contributed by atoms with Gasteiger partial charge in [-0.15, -0.1) is 0 Å². The number of aryl methyl sites for hydroxylation is 1. The number of nitrogens with one attached hydrogen (secondary N) is 1. The molecule has 3 rings (SSSR count). The first-order valence-electron chi connectivity index (χ1n) is 8.15. The Morgan fingerprint density at radius 1 is 0.909 bits per heavy atom. The lowest BCUT2D eigenvalue weighted by molar-refractivity contribution is 0.628. The zero-order chi connectivity index (χ0) is 15.4.